The third-order valence-corrected chi connectivity index (χ3v) is 3.76. The van der Waals surface area contributed by atoms with Crippen LogP contribution in [0.3, 0.4) is 0 Å². The van der Waals surface area contributed by atoms with Gasteiger partial charge in [0, 0.05) is 28.8 Å². The van der Waals surface area contributed by atoms with Gasteiger partial charge >= 0.3 is 0 Å². The number of non-ortho nitro benzene ring substituents is 1. The monoisotopic (exact) mass is 340 g/mol. The maximum atomic E-state index is 12.5. The highest BCUT2D eigenvalue weighted by atomic mass is 16.6. The Hall–Kier alpha value is -3.35. The van der Waals surface area contributed by atoms with Crippen molar-refractivity contribution in [1.29, 1.82) is 0 Å². The number of nitro benzene ring substituents is 1. The van der Waals surface area contributed by atoms with Crippen LogP contribution in [-0.2, 0) is 0 Å². The van der Waals surface area contributed by atoms with E-state index in [1.54, 1.807) is 19.1 Å². The van der Waals surface area contributed by atoms with Gasteiger partial charge in [0.2, 0.25) is 0 Å². The number of anilines is 1. The van der Waals surface area contributed by atoms with Crippen molar-refractivity contribution in [3.05, 3.63) is 63.9 Å². The Kier molecular flexibility index (Phi) is 4.38. The molecule has 0 spiro atoms. The Morgan fingerprint density at radius 1 is 1.24 bits per heavy atom. The lowest BCUT2D eigenvalue weighted by atomic mass is 10.1. The number of rotatable bonds is 5. The van der Waals surface area contributed by atoms with E-state index in [9.17, 15) is 14.9 Å². The molecule has 1 N–H and O–H groups in total. The second kappa shape index (κ2) is 6.64. The van der Waals surface area contributed by atoms with Gasteiger partial charge in [0.1, 0.15) is 11.3 Å². The van der Waals surface area contributed by atoms with Gasteiger partial charge in [-0.15, -0.1) is 0 Å². The second-order valence-corrected chi connectivity index (χ2v) is 5.41. The Morgan fingerprint density at radius 3 is 2.60 bits per heavy atom. The zero-order chi connectivity index (χ0) is 18.0. The molecule has 0 saturated carbocycles. The fourth-order valence-electron chi connectivity index (χ4n) is 2.53. The number of nitrogens with zero attached hydrogens (tertiary/aromatic N) is 1. The first-order chi connectivity index (χ1) is 12.0. The lowest BCUT2D eigenvalue weighted by Gasteiger charge is -2.03. The minimum atomic E-state index is -0.495. The van der Waals surface area contributed by atoms with Crippen LogP contribution in [0.4, 0.5) is 11.4 Å². The molecule has 0 aliphatic carbocycles. The number of benzene rings is 2. The highest BCUT2D eigenvalue weighted by Crippen LogP contribution is 2.29. The maximum absolute atomic E-state index is 12.5. The minimum Gasteiger partial charge on any atom is -0.494 e. The molecule has 0 bridgehead atoms. The summed E-state index contributed by atoms with van der Waals surface area (Å²) in [6.07, 6.45) is 0. The van der Waals surface area contributed by atoms with Crippen LogP contribution in [-0.4, -0.2) is 17.4 Å². The van der Waals surface area contributed by atoms with Crippen molar-refractivity contribution < 1.29 is 18.9 Å². The zero-order valence-corrected chi connectivity index (χ0v) is 13.7. The van der Waals surface area contributed by atoms with Gasteiger partial charge in [-0.3, -0.25) is 14.9 Å². The largest absolute Gasteiger partial charge is 0.494 e. The van der Waals surface area contributed by atoms with E-state index < -0.39 is 10.8 Å². The summed E-state index contributed by atoms with van der Waals surface area (Å²) in [6, 6.07) is 11.0. The van der Waals surface area contributed by atoms with Crippen molar-refractivity contribution in [1.82, 2.24) is 0 Å². The molecule has 7 heteroatoms. The number of hydrogen-bond acceptors (Lipinski definition) is 5. The van der Waals surface area contributed by atoms with Crippen LogP contribution in [0.25, 0.3) is 11.0 Å². The predicted octanol–water partition coefficient (Wildman–Crippen LogP) is 4.30. The maximum Gasteiger partial charge on any atom is 0.291 e. The van der Waals surface area contributed by atoms with Crippen LogP contribution in [0, 0.1) is 17.0 Å². The van der Waals surface area contributed by atoms with Crippen molar-refractivity contribution in [2.75, 3.05) is 11.9 Å². The number of carbonyl (C=O) groups excluding carboxylic acids is 1. The number of nitrogens with one attached hydrogen (secondary N) is 1. The summed E-state index contributed by atoms with van der Waals surface area (Å²) in [4.78, 5) is 22.6. The Morgan fingerprint density at radius 2 is 1.96 bits per heavy atom. The van der Waals surface area contributed by atoms with Crippen molar-refractivity contribution >= 4 is 28.3 Å². The quantitative estimate of drug-likeness (QED) is 0.552. The van der Waals surface area contributed by atoms with E-state index in [2.05, 4.69) is 5.32 Å². The highest BCUT2D eigenvalue weighted by Gasteiger charge is 2.18. The van der Waals surface area contributed by atoms with Gasteiger partial charge in [0.15, 0.2) is 5.76 Å². The molecule has 1 amide bonds. The molecule has 1 aromatic heterocycles. The molecular formula is C18H16N2O5. The van der Waals surface area contributed by atoms with E-state index in [4.69, 9.17) is 9.15 Å². The number of ether oxygens (including phenoxy) is 1. The third kappa shape index (κ3) is 3.30. The summed E-state index contributed by atoms with van der Waals surface area (Å²) >= 11 is 0. The van der Waals surface area contributed by atoms with Crippen molar-refractivity contribution in [2.24, 2.45) is 0 Å². The number of hydrogen-bond donors (Lipinski definition) is 1. The normalized spacial score (nSPS) is 10.6. The van der Waals surface area contributed by atoms with E-state index in [0.29, 0.717) is 29.2 Å². The molecule has 128 valence electrons. The van der Waals surface area contributed by atoms with E-state index >= 15 is 0 Å². The summed E-state index contributed by atoms with van der Waals surface area (Å²) < 4.78 is 11.1. The van der Waals surface area contributed by atoms with E-state index in [0.717, 1.165) is 5.39 Å². The summed E-state index contributed by atoms with van der Waals surface area (Å²) in [5, 5.41) is 14.2. The molecular weight excluding hydrogens is 324 g/mol. The molecule has 3 aromatic rings. The number of nitro groups is 1. The van der Waals surface area contributed by atoms with E-state index in [1.807, 2.05) is 13.0 Å². The van der Waals surface area contributed by atoms with Gasteiger partial charge in [-0.1, -0.05) is 0 Å². The van der Waals surface area contributed by atoms with Crippen LogP contribution in [0.15, 0.2) is 46.9 Å². The molecule has 7 nitrogen and oxygen atoms in total. The number of fused-ring (bicyclic) bond motifs is 1. The van der Waals surface area contributed by atoms with Crippen LogP contribution >= 0.6 is 0 Å². The van der Waals surface area contributed by atoms with E-state index in [-0.39, 0.29) is 11.4 Å². The highest BCUT2D eigenvalue weighted by molar-refractivity contribution is 6.06. The summed E-state index contributed by atoms with van der Waals surface area (Å²) in [6.45, 7) is 4.25. The van der Waals surface area contributed by atoms with Crippen LogP contribution in [0.5, 0.6) is 5.75 Å². The molecule has 0 aliphatic heterocycles. The molecule has 0 unspecified atom stereocenters. The zero-order valence-electron chi connectivity index (χ0n) is 13.7. The SMILES string of the molecule is CCOc1ccc2oc(C(=O)Nc3ccc([N+](=O)[O-])cc3)c(C)c2c1. The van der Waals surface area contributed by atoms with Gasteiger partial charge in [0.05, 0.1) is 11.5 Å². The lowest BCUT2D eigenvalue weighted by Crippen LogP contribution is -2.12. The molecule has 0 radical (unpaired) electrons. The first-order valence-corrected chi connectivity index (χ1v) is 7.71. The van der Waals surface area contributed by atoms with Gasteiger partial charge in [0.25, 0.3) is 11.6 Å². The van der Waals surface area contributed by atoms with Crippen LogP contribution < -0.4 is 10.1 Å². The number of amides is 1. The number of aryl methyl sites for hydroxylation is 1. The predicted molar refractivity (Wildman–Crippen MR) is 93.2 cm³/mol. The Balaban J connectivity index is 1.86. The fourth-order valence-corrected chi connectivity index (χ4v) is 2.53. The molecule has 3 rings (SSSR count). The Bertz CT molecular complexity index is 944. The van der Waals surface area contributed by atoms with Crippen molar-refractivity contribution in [2.45, 2.75) is 13.8 Å². The summed E-state index contributed by atoms with van der Waals surface area (Å²) in [5.74, 6) is 0.490. The first-order valence-electron chi connectivity index (χ1n) is 7.71. The van der Waals surface area contributed by atoms with Gasteiger partial charge in [-0.05, 0) is 44.2 Å². The summed E-state index contributed by atoms with van der Waals surface area (Å²) in [7, 11) is 0. The third-order valence-electron chi connectivity index (χ3n) is 3.76. The molecule has 2 aromatic carbocycles. The fraction of sp³-hybridized carbons (Fsp3) is 0.167. The smallest absolute Gasteiger partial charge is 0.291 e. The number of furan rings is 1. The topological polar surface area (TPSA) is 94.6 Å². The van der Waals surface area contributed by atoms with Crippen LogP contribution in [0.2, 0.25) is 0 Å². The molecule has 0 fully saturated rings. The van der Waals surface area contributed by atoms with Crippen LogP contribution in [0.1, 0.15) is 23.0 Å². The van der Waals surface area contributed by atoms with E-state index in [1.165, 1.54) is 24.3 Å². The van der Waals surface area contributed by atoms with Crippen molar-refractivity contribution in [3.8, 4) is 5.75 Å². The lowest BCUT2D eigenvalue weighted by molar-refractivity contribution is -0.384. The van der Waals surface area contributed by atoms with Crippen molar-refractivity contribution in [3.63, 3.8) is 0 Å². The molecule has 25 heavy (non-hydrogen) atoms. The average molecular weight is 340 g/mol. The second-order valence-electron chi connectivity index (χ2n) is 5.41. The molecule has 0 saturated heterocycles. The van der Waals surface area contributed by atoms with Gasteiger partial charge in [-0.25, -0.2) is 0 Å². The molecule has 0 aliphatic rings. The molecule has 0 atom stereocenters. The minimum absolute atomic E-state index is 0.0404. The standard InChI is InChI=1S/C18H16N2O5/c1-3-24-14-8-9-16-15(10-14)11(2)17(25-16)18(21)19-12-4-6-13(7-5-12)20(22)23/h4-10H,3H2,1-2H3,(H,19,21). The molecule has 1 heterocycles. The first kappa shape index (κ1) is 16.5. The van der Waals surface area contributed by atoms with Gasteiger partial charge < -0.3 is 14.5 Å². The summed E-state index contributed by atoms with van der Waals surface area (Å²) in [5.41, 5.74) is 1.71. The van der Waals surface area contributed by atoms with Gasteiger partial charge in [-0.2, -0.15) is 0 Å². The number of carbonyl (C=O) groups is 1. The Labute approximate surface area is 143 Å². The average Bonchev–Trinajstić information content (AvgIpc) is 2.92.